The van der Waals surface area contributed by atoms with Gasteiger partial charge in [0.1, 0.15) is 0 Å². The molecule has 1 N–H and O–H groups in total. The Labute approximate surface area is 132 Å². The number of carbonyl (C=O) groups excluding carboxylic acids is 1. The molecule has 4 nitrogen and oxygen atoms in total. The van der Waals surface area contributed by atoms with Crippen LogP contribution in [0, 0.1) is 0 Å². The number of carbonyl (C=O) groups is 1. The molecule has 0 aromatic heterocycles. The second-order valence-corrected chi connectivity index (χ2v) is 5.48. The number of halogens is 1. The molecule has 0 unspecified atom stereocenters. The zero-order valence-corrected chi connectivity index (χ0v) is 13.5. The third-order valence-corrected chi connectivity index (χ3v) is 3.52. The quantitative estimate of drug-likeness (QED) is 0.780. The van der Waals surface area contributed by atoms with Crippen molar-refractivity contribution in [2.24, 2.45) is 0 Å². The summed E-state index contributed by atoms with van der Waals surface area (Å²) in [5.41, 5.74) is 0.654. The lowest BCUT2D eigenvalue weighted by molar-refractivity contribution is 0.0693. The van der Waals surface area contributed by atoms with Crippen LogP contribution in [0.3, 0.4) is 0 Å². The second kappa shape index (κ2) is 8.12. The number of rotatable bonds is 7. The predicted molar refractivity (Wildman–Crippen MR) is 86.7 cm³/mol. The van der Waals surface area contributed by atoms with Gasteiger partial charge in [-0.2, -0.15) is 0 Å². The maximum Gasteiger partial charge on any atom is 0.251 e. The minimum atomic E-state index is -0.0878. The highest BCUT2D eigenvalue weighted by Gasteiger charge is 2.06. The summed E-state index contributed by atoms with van der Waals surface area (Å²) in [6, 6.07) is 11.7. The summed E-state index contributed by atoms with van der Waals surface area (Å²) in [5.74, 6) is -0.0878. The summed E-state index contributed by atoms with van der Waals surface area (Å²) in [7, 11) is 1.63. The lowest BCUT2D eigenvalue weighted by Crippen LogP contribution is -2.27. The number of amides is 1. The van der Waals surface area contributed by atoms with E-state index in [1.807, 2.05) is 36.4 Å². The molecule has 2 rings (SSSR count). The molecule has 0 heterocycles. The lowest BCUT2D eigenvalue weighted by Gasteiger charge is -2.07. The zero-order chi connectivity index (χ0) is 15.1. The Morgan fingerprint density at radius 2 is 1.86 bits per heavy atom. The molecule has 0 atom stereocenters. The number of hydrogen-bond donors (Lipinski definition) is 1. The van der Waals surface area contributed by atoms with Gasteiger partial charge in [0.05, 0.1) is 19.8 Å². The lowest BCUT2D eigenvalue weighted by atomic mass is 10.1. The molecule has 0 fully saturated rings. The van der Waals surface area contributed by atoms with Gasteiger partial charge in [0, 0.05) is 23.7 Å². The van der Waals surface area contributed by atoms with Gasteiger partial charge >= 0.3 is 0 Å². The van der Waals surface area contributed by atoms with Gasteiger partial charge < -0.3 is 14.8 Å². The molecule has 5 heteroatoms. The highest BCUT2D eigenvalue weighted by Crippen LogP contribution is 2.20. The van der Waals surface area contributed by atoms with E-state index in [0.29, 0.717) is 31.9 Å². The molecule has 2 aromatic carbocycles. The number of nitrogens with one attached hydrogen (secondary N) is 1. The fourth-order valence-electron chi connectivity index (χ4n) is 1.94. The van der Waals surface area contributed by atoms with E-state index in [1.165, 1.54) is 0 Å². The Bertz CT molecular complexity index is 615. The van der Waals surface area contributed by atoms with E-state index in [-0.39, 0.29) is 5.91 Å². The maximum absolute atomic E-state index is 12.0. The fourth-order valence-corrected chi connectivity index (χ4v) is 2.32. The molecule has 0 bridgehead atoms. The molecule has 0 aliphatic carbocycles. The average molecular weight is 352 g/mol. The zero-order valence-electron chi connectivity index (χ0n) is 11.9. The van der Waals surface area contributed by atoms with Gasteiger partial charge in [-0.25, -0.2) is 0 Å². The molecular weight excluding hydrogens is 334 g/mol. The van der Waals surface area contributed by atoms with Crippen LogP contribution in [-0.2, 0) is 9.47 Å². The summed E-state index contributed by atoms with van der Waals surface area (Å²) in [4.78, 5) is 12.0. The van der Waals surface area contributed by atoms with E-state index in [9.17, 15) is 4.79 Å². The van der Waals surface area contributed by atoms with Crippen molar-refractivity contribution in [2.75, 3.05) is 33.5 Å². The van der Waals surface area contributed by atoms with Crippen LogP contribution in [-0.4, -0.2) is 39.4 Å². The summed E-state index contributed by atoms with van der Waals surface area (Å²) in [5, 5.41) is 4.98. The summed E-state index contributed by atoms with van der Waals surface area (Å²) in [6.07, 6.45) is 0. The van der Waals surface area contributed by atoms with Gasteiger partial charge in [-0.15, -0.1) is 0 Å². The first-order valence-corrected chi connectivity index (χ1v) is 7.54. The van der Waals surface area contributed by atoms with Gasteiger partial charge in [0.25, 0.3) is 5.91 Å². The molecule has 0 aliphatic rings. The van der Waals surface area contributed by atoms with E-state index in [2.05, 4.69) is 21.2 Å². The Morgan fingerprint density at radius 1 is 1.10 bits per heavy atom. The van der Waals surface area contributed by atoms with Crippen molar-refractivity contribution in [2.45, 2.75) is 0 Å². The van der Waals surface area contributed by atoms with Crippen molar-refractivity contribution >= 4 is 32.6 Å². The van der Waals surface area contributed by atoms with Crippen LogP contribution in [0.1, 0.15) is 10.4 Å². The molecular formula is C16H18BrNO3. The number of hydrogen-bond acceptors (Lipinski definition) is 3. The first-order valence-electron chi connectivity index (χ1n) is 6.75. The van der Waals surface area contributed by atoms with E-state index >= 15 is 0 Å². The Hall–Kier alpha value is -1.43. The van der Waals surface area contributed by atoms with Crippen molar-refractivity contribution < 1.29 is 14.3 Å². The van der Waals surface area contributed by atoms with Crippen LogP contribution in [0.15, 0.2) is 40.9 Å². The Kier molecular flexibility index (Phi) is 6.17. The van der Waals surface area contributed by atoms with Crippen LogP contribution in [0.4, 0.5) is 0 Å². The topological polar surface area (TPSA) is 47.6 Å². The maximum atomic E-state index is 12.0. The molecule has 1 amide bonds. The van der Waals surface area contributed by atoms with Gasteiger partial charge in [-0.1, -0.05) is 28.1 Å². The van der Waals surface area contributed by atoms with Crippen LogP contribution >= 0.6 is 15.9 Å². The molecule has 21 heavy (non-hydrogen) atoms. The van der Waals surface area contributed by atoms with Crippen LogP contribution in [0.2, 0.25) is 0 Å². The first-order chi connectivity index (χ1) is 10.2. The van der Waals surface area contributed by atoms with E-state index < -0.39 is 0 Å². The van der Waals surface area contributed by atoms with Crippen LogP contribution in [0.25, 0.3) is 10.8 Å². The van der Waals surface area contributed by atoms with Crippen molar-refractivity contribution in [3.8, 4) is 0 Å². The van der Waals surface area contributed by atoms with Crippen molar-refractivity contribution in [1.82, 2.24) is 5.32 Å². The summed E-state index contributed by atoms with van der Waals surface area (Å²) < 4.78 is 11.2. The number of benzene rings is 2. The average Bonchev–Trinajstić information content (AvgIpc) is 2.50. The SMILES string of the molecule is COCCOCCNC(=O)c1ccc2cc(Br)ccc2c1. The highest BCUT2D eigenvalue weighted by molar-refractivity contribution is 9.10. The molecule has 0 aliphatic heterocycles. The fraction of sp³-hybridized carbons (Fsp3) is 0.312. The molecule has 112 valence electrons. The smallest absolute Gasteiger partial charge is 0.251 e. The number of methoxy groups -OCH3 is 1. The molecule has 0 radical (unpaired) electrons. The summed E-state index contributed by atoms with van der Waals surface area (Å²) in [6.45, 7) is 2.07. The van der Waals surface area contributed by atoms with Crippen molar-refractivity contribution in [3.05, 3.63) is 46.4 Å². The van der Waals surface area contributed by atoms with Crippen molar-refractivity contribution in [1.29, 1.82) is 0 Å². The molecule has 0 saturated carbocycles. The van der Waals surface area contributed by atoms with E-state index in [1.54, 1.807) is 7.11 Å². The van der Waals surface area contributed by atoms with Gasteiger partial charge in [0.2, 0.25) is 0 Å². The highest BCUT2D eigenvalue weighted by atomic mass is 79.9. The van der Waals surface area contributed by atoms with E-state index in [4.69, 9.17) is 9.47 Å². The first kappa shape index (κ1) is 15.9. The van der Waals surface area contributed by atoms with E-state index in [0.717, 1.165) is 15.2 Å². The number of ether oxygens (including phenoxy) is 2. The minimum absolute atomic E-state index is 0.0878. The van der Waals surface area contributed by atoms with Gasteiger partial charge in [-0.3, -0.25) is 4.79 Å². The van der Waals surface area contributed by atoms with Crippen molar-refractivity contribution in [3.63, 3.8) is 0 Å². The Morgan fingerprint density at radius 3 is 2.67 bits per heavy atom. The molecule has 2 aromatic rings. The third kappa shape index (κ3) is 4.81. The standard InChI is InChI=1S/C16H18BrNO3/c1-20-8-9-21-7-6-18-16(19)14-3-2-13-11-15(17)5-4-12(13)10-14/h2-5,10-11H,6-9H2,1H3,(H,18,19). The largest absolute Gasteiger partial charge is 0.382 e. The van der Waals surface area contributed by atoms with Gasteiger partial charge in [-0.05, 0) is 35.0 Å². The predicted octanol–water partition coefficient (Wildman–Crippen LogP) is 3.00. The number of fused-ring (bicyclic) bond motifs is 1. The summed E-state index contributed by atoms with van der Waals surface area (Å²) >= 11 is 3.44. The van der Waals surface area contributed by atoms with Crippen LogP contribution < -0.4 is 5.32 Å². The normalized spacial score (nSPS) is 10.8. The van der Waals surface area contributed by atoms with Gasteiger partial charge in [0.15, 0.2) is 0 Å². The Balaban J connectivity index is 1.89. The third-order valence-electron chi connectivity index (χ3n) is 3.03. The monoisotopic (exact) mass is 351 g/mol. The van der Waals surface area contributed by atoms with Crippen LogP contribution in [0.5, 0.6) is 0 Å². The molecule has 0 spiro atoms. The minimum Gasteiger partial charge on any atom is -0.382 e. The second-order valence-electron chi connectivity index (χ2n) is 4.57. The molecule has 0 saturated heterocycles.